The van der Waals surface area contributed by atoms with E-state index in [0.29, 0.717) is 13.0 Å². The van der Waals surface area contributed by atoms with E-state index < -0.39 is 23.8 Å². The normalized spacial score (nSPS) is 17.5. The third-order valence-corrected chi connectivity index (χ3v) is 2.84. The molecular formula is C14H13F3O4. The van der Waals surface area contributed by atoms with Crippen molar-refractivity contribution >= 4 is 12.0 Å². The molecule has 7 heteroatoms. The van der Waals surface area contributed by atoms with Crippen LogP contribution < -0.4 is 9.47 Å². The van der Waals surface area contributed by atoms with Crippen molar-refractivity contribution in [2.45, 2.75) is 25.6 Å². The zero-order valence-corrected chi connectivity index (χ0v) is 11.1. The van der Waals surface area contributed by atoms with Crippen molar-refractivity contribution in [3.8, 4) is 11.5 Å². The van der Waals surface area contributed by atoms with Crippen molar-refractivity contribution in [3.05, 3.63) is 29.3 Å². The Kier molecular flexibility index (Phi) is 4.11. The summed E-state index contributed by atoms with van der Waals surface area (Å²) >= 11 is 0. The molecule has 1 unspecified atom stereocenters. The summed E-state index contributed by atoms with van der Waals surface area (Å²) < 4.78 is 49.1. The van der Waals surface area contributed by atoms with E-state index in [4.69, 9.17) is 14.6 Å². The average Bonchev–Trinajstić information content (AvgIpc) is 2.42. The van der Waals surface area contributed by atoms with Crippen LogP contribution in [0.2, 0.25) is 0 Å². The standard InChI is InChI=1S/C14H13F3O4/c1-2-6-20-10-5-3-4-8-7-9(13(18)19)12(14(15,16)17)21-11(8)10/h3-5,7,12H,2,6H2,1H3,(H,18,19). The lowest BCUT2D eigenvalue weighted by Crippen LogP contribution is -2.40. The number of fused-ring (bicyclic) bond motifs is 1. The fraction of sp³-hybridized carbons (Fsp3) is 0.357. The van der Waals surface area contributed by atoms with Crippen LogP contribution in [0, 0.1) is 0 Å². The van der Waals surface area contributed by atoms with Gasteiger partial charge < -0.3 is 14.6 Å². The van der Waals surface area contributed by atoms with E-state index in [1.807, 2.05) is 6.92 Å². The van der Waals surface area contributed by atoms with Gasteiger partial charge in [-0.05, 0) is 18.6 Å². The second-order valence-corrected chi connectivity index (χ2v) is 4.47. The van der Waals surface area contributed by atoms with E-state index in [0.717, 1.165) is 6.08 Å². The maximum absolute atomic E-state index is 13.0. The second kappa shape index (κ2) is 5.67. The molecule has 21 heavy (non-hydrogen) atoms. The largest absolute Gasteiger partial charge is 0.490 e. The van der Waals surface area contributed by atoms with Gasteiger partial charge in [-0.15, -0.1) is 0 Å². The van der Waals surface area contributed by atoms with Crippen molar-refractivity contribution < 1.29 is 32.5 Å². The number of hydrogen-bond donors (Lipinski definition) is 1. The molecule has 1 aliphatic heterocycles. The lowest BCUT2D eigenvalue weighted by atomic mass is 10.0. The zero-order valence-electron chi connectivity index (χ0n) is 11.1. The SMILES string of the molecule is CCCOc1cccc2c1OC(C(F)(F)F)C(C(=O)O)=C2. The minimum atomic E-state index is -4.82. The first kappa shape index (κ1) is 15.2. The summed E-state index contributed by atoms with van der Waals surface area (Å²) in [5, 5.41) is 8.93. The molecule has 114 valence electrons. The average molecular weight is 302 g/mol. The molecule has 0 bridgehead atoms. The highest BCUT2D eigenvalue weighted by molar-refractivity contribution is 5.95. The summed E-state index contributed by atoms with van der Waals surface area (Å²) in [6.45, 7) is 2.18. The summed E-state index contributed by atoms with van der Waals surface area (Å²) in [6.07, 6.45) is -5.67. The summed E-state index contributed by atoms with van der Waals surface area (Å²) in [4.78, 5) is 11.0. The van der Waals surface area contributed by atoms with E-state index in [2.05, 4.69) is 0 Å². The monoisotopic (exact) mass is 302 g/mol. The second-order valence-electron chi connectivity index (χ2n) is 4.47. The van der Waals surface area contributed by atoms with Gasteiger partial charge in [0.2, 0.25) is 6.10 Å². The van der Waals surface area contributed by atoms with Crippen LogP contribution in [-0.2, 0) is 4.79 Å². The molecule has 0 radical (unpaired) electrons. The number of aliphatic carboxylic acids is 1. The predicted octanol–water partition coefficient (Wildman–Crippen LogP) is 3.27. The molecule has 0 aromatic heterocycles. The van der Waals surface area contributed by atoms with Gasteiger partial charge in [-0.25, -0.2) is 4.79 Å². The number of rotatable bonds is 4. The minimum absolute atomic E-state index is 0.0849. The third kappa shape index (κ3) is 3.12. The lowest BCUT2D eigenvalue weighted by molar-refractivity contribution is -0.187. The van der Waals surface area contributed by atoms with Crippen LogP contribution in [-0.4, -0.2) is 30.0 Å². The van der Waals surface area contributed by atoms with Gasteiger partial charge >= 0.3 is 12.1 Å². The smallest absolute Gasteiger partial charge is 0.430 e. The van der Waals surface area contributed by atoms with Crippen LogP contribution in [0.4, 0.5) is 13.2 Å². The molecule has 0 aliphatic carbocycles. The topological polar surface area (TPSA) is 55.8 Å². The molecular weight excluding hydrogens is 289 g/mol. The lowest BCUT2D eigenvalue weighted by Gasteiger charge is -2.28. The van der Waals surface area contributed by atoms with Gasteiger partial charge in [-0.2, -0.15) is 13.2 Å². The molecule has 1 aromatic rings. The highest BCUT2D eigenvalue weighted by atomic mass is 19.4. The number of halogens is 3. The molecule has 0 saturated carbocycles. The highest BCUT2D eigenvalue weighted by Gasteiger charge is 2.48. The van der Waals surface area contributed by atoms with E-state index >= 15 is 0 Å². The molecule has 2 rings (SSSR count). The molecule has 4 nitrogen and oxygen atoms in total. The maximum atomic E-state index is 13.0. The van der Waals surface area contributed by atoms with E-state index in [9.17, 15) is 18.0 Å². The Morgan fingerprint density at radius 2 is 2.14 bits per heavy atom. The molecule has 0 fully saturated rings. The number of benzene rings is 1. The quantitative estimate of drug-likeness (QED) is 0.927. The number of para-hydroxylation sites is 1. The molecule has 0 spiro atoms. The van der Waals surface area contributed by atoms with Gasteiger partial charge in [-0.3, -0.25) is 0 Å². The molecule has 0 amide bonds. The molecule has 1 aliphatic rings. The van der Waals surface area contributed by atoms with Crippen molar-refractivity contribution in [3.63, 3.8) is 0 Å². The maximum Gasteiger partial charge on any atom is 0.430 e. The molecule has 1 atom stereocenters. The van der Waals surface area contributed by atoms with Gasteiger partial charge in [0.1, 0.15) is 0 Å². The number of carboxylic acids is 1. The van der Waals surface area contributed by atoms with E-state index in [1.165, 1.54) is 12.1 Å². The minimum Gasteiger partial charge on any atom is -0.490 e. The fourth-order valence-electron chi connectivity index (χ4n) is 1.94. The summed E-state index contributed by atoms with van der Waals surface area (Å²) in [7, 11) is 0. The molecule has 0 saturated heterocycles. The fourth-order valence-corrected chi connectivity index (χ4v) is 1.94. The zero-order chi connectivity index (χ0) is 15.6. The van der Waals surface area contributed by atoms with Crippen molar-refractivity contribution in [2.24, 2.45) is 0 Å². The summed E-state index contributed by atoms with van der Waals surface area (Å²) in [6, 6.07) is 4.53. The predicted molar refractivity (Wildman–Crippen MR) is 68.3 cm³/mol. The Bertz CT molecular complexity index is 578. The Labute approximate surface area is 118 Å². The van der Waals surface area contributed by atoms with Crippen LogP contribution in [0.5, 0.6) is 11.5 Å². The van der Waals surface area contributed by atoms with Gasteiger partial charge in [-0.1, -0.05) is 19.1 Å². The Morgan fingerprint density at radius 3 is 2.71 bits per heavy atom. The van der Waals surface area contributed by atoms with Gasteiger partial charge in [0.15, 0.2) is 11.5 Å². The van der Waals surface area contributed by atoms with Crippen molar-refractivity contribution in [1.29, 1.82) is 0 Å². The van der Waals surface area contributed by atoms with Crippen LogP contribution in [0.15, 0.2) is 23.8 Å². The van der Waals surface area contributed by atoms with Crippen LogP contribution in [0.1, 0.15) is 18.9 Å². The third-order valence-electron chi connectivity index (χ3n) is 2.84. The Balaban J connectivity index is 2.47. The first-order chi connectivity index (χ1) is 9.84. The van der Waals surface area contributed by atoms with Crippen molar-refractivity contribution in [2.75, 3.05) is 6.61 Å². The number of alkyl halides is 3. The molecule has 1 aromatic carbocycles. The van der Waals surface area contributed by atoms with Crippen LogP contribution in [0.25, 0.3) is 6.08 Å². The summed E-state index contributed by atoms with van der Waals surface area (Å²) in [5.41, 5.74) is -0.593. The first-order valence-electron chi connectivity index (χ1n) is 6.28. The van der Waals surface area contributed by atoms with E-state index in [-0.39, 0.29) is 17.1 Å². The summed E-state index contributed by atoms with van der Waals surface area (Å²) in [5.74, 6) is -1.58. The van der Waals surface area contributed by atoms with Crippen molar-refractivity contribution in [1.82, 2.24) is 0 Å². The Morgan fingerprint density at radius 1 is 1.43 bits per heavy atom. The van der Waals surface area contributed by atoms with E-state index in [1.54, 1.807) is 6.07 Å². The number of hydrogen-bond acceptors (Lipinski definition) is 3. The molecule has 1 N–H and O–H groups in total. The molecule has 1 heterocycles. The van der Waals surface area contributed by atoms with Gasteiger partial charge in [0, 0.05) is 5.56 Å². The Hall–Kier alpha value is -2.18. The van der Waals surface area contributed by atoms with Gasteiger partial charge in [0.25, 0.3) is 0 Å². The highest BCUT2D eigenvalue weighted by Crippen LogP contribution is 2.42. The van der Waals surface area contributed by atoms with Crippen LogP contribution in [0.3, 0.4) is 0 Å². The van der Waals surface area contributed by atoms with Crippen LogP contribution >= 0.6 is 0 Å². The van der Waals surface area contributed by atoms with Gasteiger partial charge in [0.05, 0.1) is 12.2 Å². The number of carboxylic acid groups (broad SMARTS) is 1. The number of ether oxygens (including phenoxy) is 2. The first-order valence-corrected chi connectivity index (χ1v) is 6.28. The number of carbonyl (C=O) groups is 1.